The van der Waals surface area contributed by atoms with E-state index in [1.165, 1.54) is 37.3 Å². The first-order valence-electron chi connectivity index (χ1n) is 11.0. The van der Waals surface area contributed by atoms with Crippen LogP contribution in [0.1, 0.15) is 17.3 Å². The lowest BCUT2D eigenvalue weighted by molar-refractivity contribution is -0.445. The van der Waals surface area contributed by atoms with E-state index in [1.54, 1.807) is 0 Å². The third-order valence-electron chi connectivity index (χ3n) is 5.59. The zero-order valence-electron chi connectivity index (χ0n) is 20.7. The zero-order chi connectivity index (χ0) is 34.5. The minimum absolute atomic E-state index is 0.0732. The van der Waals surface area contributed by atoms with Crippen LogP contribution in [0.5, 0.6) is 0 Å². The molecule has 0 radical (unpaired) electrons. The van der Waals surface area contributed by atoms with Crippen LogP contribution >= 0.6 is 22.9 Å². The molecule has 1 aromatic heterocycles. The Bertz CT molecular complexity index is 1380. The van der Waals surface area contributed by atoms with Gasteiger partial charge in [0.05, 0.1) is 6.61 Å². The molecule has 0 bridgehead atoms. The second-order valence-corrected chi connectivity index (χ2v) is 9.77. The Morgan fingerprint density at radius 2 is 1.16 bits per heavy atom. The fourth-order valence-electron chi connectivity index (χ4n) is 3.17. The van der Waals surface area contributed by atoms with Gasteiger partial charge in [-0.1, -0.05) is 30.3 Å². The van der Waals surface area contributed by atoms with Crippen molar-refractivity contribution in [2.24, 2.45) is 0 Å². The number of rotatable bonds is 12. The minimum atomic E-state index is -8.72. The number of benzene rings is 1. The first kappa shape index (κ1) is 37.2. The SMILES string of the molecule is CCOC(=O)c1c(-c2ccccc2)csc1NC(=O)C(F)(F)C(F)(F)C(F)(F)C(F)(F)C(F)(F)C(F)(F)C(F)(F)C(F)(F)Cl. The number of ether oxygens (including phenoxy) is 1. The summed E-state index contributed by atoms with van der Waals surface area (Å²) >= 11 is 3.55. The second kappa shape index (κ2) is 11.4. The number of carbonyl (C=O) groups is 2. The molecule has 2 aromatic rings. The van der Waals surface area contributed by atoms with E-state index in [0.29, 0.717) is 0 Å². The molecule has 0 spiro atoms. The molecule has 0 fully saturated rings. The summed E-state index contributed by atoms with van der Waals surface area (Å²) in [6.07, 6.45) is 0. The van der Waals surface area contributed by atoms with Crippen LogP contribution in [-0.2, 0) is 9.53 Å². The van der Waals surface area contributed by atoms with E-state index in [2.05, 4.69) is 16.3 Å². The van der Waals surface area contributed by atoms with Crippen LogP contribution in [0, 0.1) is 0 Å². The van der Waals surface area contributed by atoms with Gasteiger partial charge >= 0.3 is 58.7 Å². The first-order valence-corrected chi connectivity index (χ1v) is 12.2. The summed E-state index contributed by atoms with van der Waals surface area (Å²) in [5, 5.41) is -6.36. The van der Waals surface area contributed by atoms with Crippen molar-refractivity contribution in [3.63, 3.8) is 0 Å². The molecule has 44 heavy (non-hydrogen) atoms. The molecule has 0 aliphatic rings. The predicted octanol–water partition coefficient (Wildman–Crippen LogP) is 8.81. The molecule has 1 amide bonds. The van der Waals surface area contributed by atoms with Crippen molar-refractivity contribution in [3.05, 3.63) is 41.3 Å². The van der Waals surface area contributed by atoms with Gasteiger partial charge < -0.3 is 10.1 Å². The summed E-state index contributed by atoms with van der Waals surface area (Å²) in [5.74, 6) is -62.9. The fraction of sp³-hybridized carbons (Fsp3) is 0.455. The van der Waals surface area contributed by atoms with Crippen LogP contribution in [-0.4, -0.2) is 65.3 Å². The van der Waals surface area contributed by atoms with Crippen molar-refractivity contribution in [1.82, 2.24) is 0 Å². The van der Waals surface area contributed by atoms with Crippen LogP contribution in [0.3, 0.4) is 0 Å². The number of esters is 1. The number of anilines is 1. The Kier molecular flexibility index (Phi) is 9.67. The number of alkyl halides is 17. The van der Waals surface area contributed by atoms with Gasteiger partial charge in [0.25, 0.3) is 0 Å². The lowest BCUT2D eigenvalue weighted by Gasteiger charge is -2.42. The maximum atomic E-state index is 14.4. The van der Waals surface area contributed by atoms with Gasteiger partial charge in [0.2, 0.25) is 0 Å². The number of hydrogen-bond acceptors (Lipinski definition) is 4. The van der Waals surface area contributed by atoms with Gasteiger partial charge in [-0.05, 0) is 24.1 Å². The normalized spacial score (nSPS) is 14.4. The van der Waals surface area contributed by atoms with E-state index in [-0.39, 0.29) is 22.5 Å². The molecule has 1 aromatic carbocycles. The van der Waals surface area contributed by atoms with Crippen LogP contribution in [0.4, 0.5) is 75.2 Å². The van der Waals surface area contributed by atoms with Gasteiger partial charge in [0.1, 0.15) is 10.6 Å². The van der Waals surface area contributed by atoms with E-state index < -0.39 is 75.9 Å². The monoisotopic (exact) mass is 709 g/mol. The minimum Gasteiger partial charge on any atom is -0.462 e. The number of amides is 1. The first-order chi connectivity index (χ1) is 19.6. The Morgan fingerprint density at radius 3 is 1.59 bits per heavy atom. The number of carbonyl (C=O) groups excluding carboxylic acids is 2. The summed E-state index contributed by atoms with van der Waals surface area (Å²) in [6.45, 7) is 0.782. The van der Waals surface area contributed by atoms with E-state index in [0.717, 1.165) is 10.7 Å². The maximum Gasteiger partial charge on any atom is 0.393 e. The summed E-state index contributed by atoms with van der Waals surface area (Å²) in [6, 6.07) is 6.73. The molecule has 1 heterocycles. The highest BCUT2D eigenvalue weighted by Gasteiger charge is 2.95. The average Bonchev–Trinajstić information content (AvgIpc) is 3.31. The van der Waals surface area contributed by atoms with Crippen molar-refractivity contribution in [1.29, 1.82) is 0 Å². The topological polar surface area (TPSA) is 55.4 Å². The van der Waals surface area contributed by atoms with E-state index in [4.69, 9.17) is 0 Å². The van der Waals surface area contributed by atoms with Crippen molar-refractivity contribution in [2.75, 3.05) is 11.9 Å². The number of nitrogens with one attached hydrogen (secondary N) is 1. The molecule has 0 saturated carbocycles. The van der Waals surface area contributed by atoms with E-state index in [1.807, 2.05) is 0 Å². The lowest BCUT2D eigenvalue weighted by Crippen LogP contribution is -2.75. The smallest absolute Gasteiger partial charge is 0.393 e. The molecule has 4 nitrogen and oxygen atoms in total. The molecule has 0 saturated heterocycles. The van der Waals surface area contributed by atoms with Gasteiger partial charge in [-0.25, -0.2) is 4.79 Å². The zero-order valence-corrected chi connectivity index (χ0v) is 22.3. The Morgan fingerprint density at radius 1 is 0.727 bits per heavy atom. The second-order valence-electron chi connectivity index (χ2n) is 8.41. The molecule has 0 unspecified atom stereocenters. The van der Waals surface area contributed by atoms with Gasteiger partial charge in [-0.15, -0.1) is 11.3 Å². The van der Waals surface area contributed by atoms with Crippen LogP contribution < -0.4 is 5.32 Å². The van der Waals surface area contributed by atoms with Crippen LogP contribution in [0.2, 0.25) is 0 Å². The van der Waals surface area contributed by atoms with Gasteiger partial charge in [0.15, 0.2) is 0 Å². The third-order valence-corrected chi connectivity index (χ3v) is 6.72. The molecule has 0 aliphatic carbocycles. The Hall–Kier alpha value is -2.97. The van der Waals surface area contributed by atoms with Crippen LogP contribution in [0.25, 0.3) is 11.1 Å². The summed E-state index contributed by atoms with van der Waals surface area (Å²) in [7, 11) is 0. The lowest BCUT2D eigenvalue weighted by atomic mass is 9.89. The van der Waals surface area contributed by atoms with E-state index >= 15 is 0 Å². The molecule has 0 aliphatic heterocycles. The van der Waals surface area contributed by atoms with E-state index in [9.17, 15) is 79.8 Å². The van der Waals surface area contributed by atoms with Gasteiger partial charge in [0, 0.05) is 10.9 Å². The summed E-state index contributed by atoms with van der Waals surface area (Å²) in [5.41, 5.74) is -1.06. The average molecular weight is 710 g/mol. The molecule has 248 valence electrons. The number of halogens is 17. The van der Waals surface area contributed by atoms with Crippen molar-refractivity contribution < 1.29 is 84.6 Å². The van der Waals surface area contributed by atoms with Crippen LogP contribution in [0.15, 0.2) is 35.7 Å². The van der Waals surface area contributed by atoms with Crippen molar-refractivity contribution >= 4 is 39.8 Å². The van der Waals surface area contributed by atoms with Gasteiger partial charge in [-0.2, -0.15) is 70.2 Å². The highest BCUT2D eigenvalue weighted by Crippen LogP contribution is 2.64. The Balaban J connectivity index is 2.60. The van der Waals surface area contributed by atoms with Crippen molar-refractivity contribution in [3.8, 4) is 11.1 Å². The molecule has 22 heteroatoms. The number of hydrogen-bond donors (Lipinski definition) is 1. The molecular weight excluding hydrogens is 698 g/mol. The quantitative estimate of drug-likeness (QED) is 0.136. The Labute approximate surface area is 242 Å². The summed E-state index contributed by atoms with van der Waals surface area (Å²) < 4.78 is 224. The predicted molar refractivity (Wildman–Crippen MR) is 120 cm³/mol. The fourth-order valence-corrected chi connectivity index (χ4v) is 4.25. The molecular formula is C22H12ClF16NO3S. The molecule has 0 atom stereocenters. The van der Waals surface area contributed by atoms with Crippen molar-refractivity contribution in [2.45, 2.75) is 53.8 Å². The van der Waals surface area contributed by atoms with Gasteiger partial charge in [-0.3, -0.25) is 4.79 Å². The molecule has 2 rings (SSSR count). The standard InChI is InChI=1S/C22H12ClF16NO3S/c1-2-43-13(41)11-10(9-6-4-3-5-7-9)8-44-12(11)40-14(42)15(24,25)16(26,27)17(28,29)18(30,31)19(32,33)20(34,35)21(36,37)22(23,38)39/h3-8H,2H2,1H3,(H,40,42). The summed E-state index contributed by atoms with van der Waals surface area (Å²) in [4.78, 5) is 24.4. The maximum absolute atomic E-state index is 14.4. The number of thiophene rings is 1. The molecule has 1 N–H and O–H groups in total. The highest BCUT2D eigenvalue weighted by molar-refractivity contribution is 7.15. The largest absolute Gasteiger partial charge is 0.462 e. The third kappa shape index (κ3) is 5.42. The highest BCUT2D eigenvalue weighted by atomic mass is 35.5.